The van der Waals surface area contributed by atoms with Crippen LogP contribution in [0.1, 0.15) is 29.8 Å². The Kier molecular flexibility index (Phi) is 6.06. The van der Waals surface area contributed by atoms with Gasteiger partial charge in [0.15, 0.2) is 17.3 Å². The van der Waals surface area contributed by atoms with E-state index in [1.807, 2.05) is 0 Å². The molecular formula is C24H22F3N7O. The number of aromatic nitrogens is 5. The van der Waals surface area contributed by atoms with Gasteiger partial charge in [0.05, 0.1) is 17.2 Å². The fraction of sp³-hybridized carbons (Fsp3) is 0.292. The Morgan fingerprint density at radius 3 is 2.57 bits per heavy atom. The molecule has 0 saturated carbocycles. The Morgan fingerprint density at radius 2 is 1.80 bits per heavy atom. The van der Waals surface area contributed by atoms with Crippen molar-refractivity contribution in [3.63, 3.8) is 0 Å². The van der Waals surface area contributed by atoms with Crippen LogP contribution in [-0.4, -0.2) is 54.9 Å². The molecule has 0 aliphatic carbocycles. The maximum Gasteiger partial charge on any atom is 0.277 e. The first kappa shape index (κ1) is 22.8. The molecule has 3 heterocycles. The Balaban J connectivity index is 1.36. The number of likely N-dealkylation sites (tertiary alicyclic amines) is 1. The first-order chi connectivity index (χ1) is 16.9. The number of rotatable bonds is 5. The van der Waals surface area contributed by atoms with E-state index in [1.165, 1.54) is 23.1 Å². The van der Waals surface area contributed by atoms with Crippen LogP contribution in [0.4, 0.5) is 19.0 Å². The van der Waals surface area contributed by atoms with Gasteiger partial charge in [0.2, 0.25) is 0 Å². The summed E-state index contributed by atoms with van der Waals surface area (Å²) in [6.45, 7) is 0.945. The predicted octanol–water partition coefficient (Wildman–Crippen LogP) is 3.95. The van der Waals surface area contributed by atoms with Crippen LogP contribution in [0.3, 0.4) is 0 Å². The average Bonchev–Trinajstić information content (AvgIpc) is 3.25. The number of anilines is 1. The number of fused-ring (bicyclic) bond motifs is 1. The highest BCUT2D eigenvalue weighted by atomic mass is 19.2. The van der Waals surface area contributed by atoms with Crippen LogP contribution in [0, 0.1) is 17.5 Å². The molecule has 1 fully saturated rings. The van der Waals surface area contributed by atoms with Crippen molar-refractivity contribution in [1.29, 1.82) is 0 Å². The van der Waals surface area contributed by atoms with Crippen molar-refractivity contribution in [2.75, 3.05) is 18.4 Å². The minimum absolute atomic E-state index is 0.151. The number of hydrogen-bond acceptors (Lipinski definition) is 6. The molecule has 0 unspecified atom stereocenters. The largest absolute Gasteiger partial charge is 0.367 e. The zero-order valence-electron chi connectivity index (χ0n) is 18.9. The van der Waals surface area contributed by atoms with Crippen LogP contribution in [0.2, 0.25) is 0 Å². The van der Waals surface area contributed by atoms with E-state index < -0.39 is 11.6 Å². The van der Waals surface area contributed by atoms with Gasteiger partial charge in [0, 0.05) is 43.9 Å². The normalized spacial score (nSPS) is 16.0. The molecular weight excluding hydrogens is 459 g/mol. The molecule has 1 aliphatic rings. The molecule has 1 aliphatic heterocycles. The molecule has 2 aromatic heterocycles. The standard InChI is InChI=1S/C24H22F3N7O/c1-33-31-22(14-5-7-15(25)8-6-14)23(32-33)24(35)34-9-3-2-4-16(34)12-29-21-13-28-19-10-17(26)18(27)11-20(19)30-21/h5-8,10-11,13,16H,2-4,9,12H2,1H3,(H,29,30)/t16-/m0/s1. The monoisotopic (exact) mass is 481 g/mol. The van der Waals surface area contributed by atoms with Crippen molar-refractivity contribution in [3.05, 3.63) is 65.7 Å². The topological polar surface area (TPSA) is 88.8 Å². The van der Waals surface area contributed by atoms with Crippen molar-refractivity contribution in [2.45, 2.75) is 25.3 Å². The third-order valence-corrected chi connectivity index (χ3v) is 6.03. The minimum atomic E-state index is -0.992. The van der Waals surface area contributed by atoms with Crippen molar-refractivity contribution >= 4 is 22.8 Å². The molecule has 0 bridgehead atoms. The third-order valence-electron chi connectivity index (χ3n) is 6.03. The number of nitrogens with zero attached hydrogens (tertiary/aromatic N) is 6. The van der Waals surface area contributed by atoms with E-state index in [2.05, 4.69) is 25.5 Å². The van der Waals surface area contributed by atoms with E-state index in [9.17, 15) is 18.0 Å². The van der Waals surface area contributed by atoms with Gasteiger partial charge >= 0.3 is 0 Å². The lowest BCUT2D eigenvalue weighted by Gasteiger charge is -2.35. The van der Waals surface area contributed by atoms with Gasteiger partial charge in [-0.2, -0.15) is 9.90 Å². The molecule has 0 radical (unpaired) electrons. The number of halogens is 3. The van der Waals surface area contributed by atoms with E-state index >= 15 is 0 Å². The quantitative estimate of drug-likeness (QED) is 0.465. The Bertz CT molecular complexity index is 1390. The number of nitrogens with one attached hydrogen (secondary N) is 1. The van der Waals surface area contributed by atoms with Crippen molar-refractivity contribution in [3.8, 4) is 11.3 Å². The minimum Gasteiger partial charge on any atom is -0.367 e. The summed E-state index contributed by atoms with van der Waals surface area (Å²) in [5, 5.41) is 11.8. The van der Waals surface area contributed by atoms with Crippen LogP contribution in [0.25, 0.3) is 22.3 Å². The van der Waals surface area contributed by atoms with E-state index in [4.69, 9.17) is 0 Å². The fourth-order valence-corrected chi connectivity index (χ4v) is 4.28. The van der Waals surface area contributed by atoms with Gasteiger partial charge < -0.3 is 10.2 Å². The van der Waals surface area contributed by atoms with E-state index in [0.29, 0.717) is 30.2 Å². The highest BCUT2D eigenvalue weighted by Crippen LogP contribution is 2.26. The number of carbonyl (C=O) groups excluding carboxylic acids is 1. The predicted molar refractivity (Wildman–Crippen MR) is 123 cm³/mol. The maximum absolute atomic E-state index is 13.6. The molecule has 35 heavy (non-hydrogen) atoms. The third kappa shape index (κ3) is 4.66. The Labute approximate surface area is 198 Å². The van der Waals surface area contributed by atoms with Crippen molar-refractivity contribution in [1.82, 2.24) is 29.9 Å². The van der Waals surface area contributed by atoms with E-state index in [0.717, 1.165) is 31.4 Å². The average molecular weight is 481 g/mol. The first-order valence-electron chi connectivity index (χ1n) is 11.2. The molecule has 4 aromatic rings. The summed E-state index contributed by atoms with van der Waals surface area (Å²) in [4.78, 5) is 25.1. The molecule has 5 rings (SSSR count). The molecule has 2 aromatic carbocycles. The molecule has 8 nitrogen and oxygen atoms in total. The summed E-state index contributed by atoms with van der Waals surface area (Å²) in [7, 11) is 1.63. The summed E-state index contributed by atoms with van der Waals surface area (Å²) in [6.07, 6.45) is 4.03. The van der Waals surface area contributed by atoms with Gasteiger partial charge in [-0.25, -0.2) is 18.2 Å². The smallest absolute Gasteiger partial charge is 0.277 e. The molecule has 1 N–H and O–H groups in total. The maximum atomic E-state index is 13.6. The summed E-state index contributed by atoms with van der Waals surface area (Å²) in [5.41, 5.74) is 1.68. The SMILES string of the molecule is Cn1nc(C(=O)N2CCCC[C@H]2CNc2cnc3cc(F)c(F)cc3n2)c(-c2ccc(F)cc2)n1. The molecule has 180 valence electrons. The van der Waals surface area contributed by atoms with Crippen LogP contribution in [-0.2, 0) is 7.05 Å². The number of aryl methyl sites for hydroxylation is 1. The molecule has 1 atom stereocenters. The van der Waals surface area contributed by atoms with Crippen LogP contribution in [0.5, 0.6) is 0 Å². The van der Waals surface area contributed by atoms with Crippen molar-refractivity contribution < 1.29 is 18.0 Å². The molecule has 11 heteroatoms. The molecule has 0 spiro atoms. The Hall–Kier alpha value is -4.02. The van der Waals surface area contributed by atoms with Gasteiger partial charge in [0.1, 0.15) is 17.3 Å². The lowest BCUT2D eigenvalue weighted by molar-refractivity contribution is 0.0622. The fourth-order valence-electron chi connectivity index (χ4n) is 4.28. The van der Waals surface area contributed by atoms with Crippen molar-refractivity contribution in [2.24, 2.45) is 7.05 Å². The second-order valence-corrected chi connectivity index (χ2v) is 8.43. The zero-order chi connectivity index (χ0) is 24.5. The van der Waals surface area contributed by atoms with Crippen LogP contribution in [0.15, 0.2) is 42.6 Å². The molecule has 1 amide bonds. The zero-order valence-corrected chi connectivity index (χ0v) is 18.9. The number of hydrogen-bond donors (Lipinski definition) is 1. The van der Waals surface area contributed by atoms with E-state index in [-0.39, 0.29) is 34.5 Å². The van der Waals surface area contributed by atoms with Gasteiger partial charge in [-0.05, 0) is 43.5 Å². The summed E-state index contributed by atoms with van der Waals surface area (Å²) >= 11 is 0. The number of piperidine rings is 1. The number of amides is 1. The Morgan fingerprint density at radius 1 is 1.06 bits per heavy atom. The van der Waals surface area contributed by atoms with Gasteiger partial charge in [-0.1, -0.05) is 0 Å². The second kappa shape index (κ2) is 9.32. The highest BCUT2D eigenvalue weighted by Gasteiger charge is 2.31. The lowest BCUT2D eigenvalue weighted by atomic mass is 10.0. The highest BCUT2D eigenvalue weighted by molar-refractivity contribution is 5.98. The number of benzene rings is 2. The first-order valence-corrected chi connectivity index (χ1v) is 11.2. The van der Waals surface area contributed by atoms with Crippen LogP contribution >= 0.6 is 0 Å². The summed E-state index contributed by atoms with van der Waals surface area (Å²) in [6, 6.07) is 7.62. The van der Waals surface area contributed by atoms with Gasteiger partial charge in [-0.15, -0.1) is 5.10 Å². The second-order valence-electron chi connectivity index (χ2n) is 8.43. The number of carbonyl (C=O) groups is 1. The summed E-state index contributed by atoms with van der Waals surface area (Å²) < 4.78 is 40.4. The lowest BCUT2D eigenvalue weighted by Crippen LogP contribution is -2.47. The van der Waals surface area contributed by atoms with E-state index in [1.54, 1.807) is 24.1 Å². The van der Waals surface area contributed by atoms with Gasteiger partial charge in [-0.3, -0.25) is 9.78 Å². The molecule has 1 saturated heterocycles. The summed E-state index contributed by atoms with van der Waals surface area (Å²) in [5.74, 6) is -2.21. The van der Waals surface area contributed by atoms with Crippen LogP contribution < -0.4 is 5.32 Å². The van der Waals surface area contributed by atoms with Gasteiger partial charge in [0.25, 0.3) is 5.91 Å².